The first-order chi connectivity index (χ1) is 9.11. The molecule has 0 aliphatic rings. The fourth-order valence-electron chi connectivity index (χ4n) is 1.75. The summed E-state index contributed by atoms with van der Waals surface area (Å²) >= 11 is 5.83. The van der Waals surface area contributed by atoms with Gasteiger partial charge >= 0.3 is 0 Å². The van der Waals surface area contributed by atoms with Crippen molar-refractivity contribution in [2.24, 2.45) is 0 Å². The highest BCUT2D eigenvalue weighted by atomic mass is 35.5. The third-order valence-electron chi connectivity index (χ3n) is 2.66. The highest BCUT2D eigenvalue weighted by molar-refractivity contribution is 6.28. The molecule has 2 rings (SSSR count). The van der Waals surface area contributed by atoms with Crippen LogP contribution in [0.3, 0.4) is 0 Å². The summed E-state index contributed by atoms with van der Waals surface area (Å²) in [4.78, 5) is 8.01. The van der Waals surface area contributed by atoms with Crippen molar-refractivity contribution in [2.75, 3.05) is 18.1 Å². The lowest BCUT2D eigenvalue weighted by Crippen LogP contribution is -2.13. The van der Waals surface area contributed by atoms with Gasteiger partial charge in [0.1, 0.15) is 11.4 Å². The van der Waals surface area contributed by atoms with Crippen LogP contribution < -0.4 is 11.1 Å². The van der Waals surface area contributed by atoms with E-state index in [1.165, 1.54) is 0 Å². The number of anilines is 2. The van der Waals surface area contributed by atoms with Gasteiger partial charge in [-0.15, -0.1) is 0 Å². The van der Waals surface area contributed by atoms with Crippen LogP contribution in [0.4, 0.5) is 11.5 Å². The van der Waals surface area contributed by atoms with Crippen molar-refractivity contribution in [3.8, 4) is 0 Å². The quantitative estimate of drug-likeness (QED) is 0.590. The number of nitrogen functional groups attached to an aromatic ring is 1. The van der Waals surface area contributed by atoms with Gasteiger partial charge in [0.25, 0.3) is 0 Å². The highest BCUT2D eigenvalue weighted by Gasteiger charge is 2.14. The third-order valence-corrected chi connectivity index (χ3v) is 2.83. The van der Waals surface area contributed by atoms with Crippen LogP contribution in [0.25, 0.3) is 0 Å². The van der Waals surface area contributed by atoms with E-state index in [9.17, 15) is 0 Å². The van der Waals surface area contributed by atoms with E-state index in [4.69, 9.17) is 22.7 Å². The molecule has 0 atom stereocenters. The first-order valence-corrected chi connectivity index (χ1v) is 6.12. The van der Waals surface area contributed by atoms with Crippen molar-refractivity contribution >= 4 is 28.8 Å². The van der Waals surface area contributed by atoms with Crippen molar-refractivity contribution in [1.82, 2.24) is 9.97 Å². The number of nitrogens with two attached hydrogens (primary N) is 1. The van der Waals surface area contributed by atoms with E-state index >= 15 is 0 Å². The maximum atomic E-state index is 8.12. The van der Waals surface area contributed by atoms with Gasteiger partial charge in [0, 0.05) is 13.5 Å². The van der Waals surface area contributed by atoms with Crippen molar-refractivity contribution < 1.29 is 0 Å². The molecular formula is C13H14ClN5. The smallest absolute Gasteiger partial charge is 0.225 e. The minimum absolute atomic E-state index is 0.0753. The van der Waals surface area contributed by atoms with E-state index in [1.54, 1.807) is 7.05 Å². The Morgan fingerprint density at radius 2 is 2.00 bits per heavy atom. The Morgan fingerprint density at radius 1 is 1.32 bits per heavy atom. The summed E-state index contributed by atoms with van der Waals surface area (Å²) in [6.07, 6.45) is 0.446. The number of benzene rings is 1. The van der Waals surface area contributed by atoms with Gasteiger partial charge in [0.05, 0.1) is 5.71 Å². The molecule has 98 valence electrons. The minimum Gasteiger partial charge on any atom is -0.394 e. The molecule has 1 heterocycles. The molecule has 0 bridgehead atoms. The monoisotopic (exact) mass is 275 g/mol. The lowest BCUT2D eigenvalue weighted by molar-refractivity contribution is 1.13. The van der Waals surface area contributed by atoms with E-state index in [-0.39, 0.29) is 5.28 Å². The van der Waals surface area contributed by atoms with Crippen LogP contribution >= 0.6 is 11.6 Å². The Morgan fingerprint density at radius 3 is 2.63 bits per heavy atom. The van der Waals surface area contributed by atoms with E-state index in [0.717, 1.165) is 5.56 Å². The van der Waals surface area contributed by atoms with Crippen molar-refractivity contribution in [3.05, 3.63) is 46.9 Å². The molecule has 0 fully saturated rings. The Labute approximate surface area is 116 Å². The largest absolute Gasteiger partial charge is 0.394 e. The molecule has 6 heteroatoms. The zero-order valence-electron chi connectivity index (χ0n) is 10.4. The number of nitrogens with one attached hydrogen (secondary N) is 2. The summed E-state index contributed by atoms with van der Waals surface area (Å²) in [6.45, 7) is 0. The van der Waals surface area contributed by atoms with Gasteiger partial charge in [-0.05, 0) is 17.2 Å². The molecule has 5 nitrogen and oxygen atoms in total. The Kier molecular flexibility index (Phi) is 3.97. The van der Waals surface area contributed by atoms with E-state index in [0.29, 0.717) is 29.3 Å². The predicted octanol–water partition coefficient (Wildman–Crippen LogP) is 2.36. The Balaban J connectivity index is 2.31. The number of hydrogen-bond acceptors (Lipinski definition) is 5. The van der Waals surface area contributed by atoms with Gasteiger partial charge in [0.15, 0.2) is 5.82 Å². The van der Waals surface area contributed by atoms with Gasteiger partial charge in [-0.1, -0.05) is 30.3 Å². The maximum absolute atomic E-state index is 8.12. The number of nitrogens with zero attached hydrogens (tertiary/aromatic N) is 2. The molecule has 2 aromatic rings. The molecule has 4 N–H and O–H groups in total. The molecule has 0 amide bonds. The summed E-state index contributed by atoms with van der Waals surface area (Å²) in [5.74, 6) is 0.438. The molecule has 0 saturated carbocycles. The Bertz CT molecular complexity index is 597. The maximum Gasteiger partial charge on any atom is 0.225 e. The molecule has 0 aliphatic carbocycles. The zero-order chi connectivity index (χ0) is 13.8. The van der Waals surface area contributed by atoms with Gasteiger partial charge < -0.3 is 16.5 Å². The fourth-order valence-corrected chi connectivity index (χ4v) is 1.92. The van der Waals surface area contributed by atoms with E-state index in [1.807, 2.05) is 30.3 Å². The normalized spacial score (nSPS) is 10.2. The topological polar surface area (TPSA) is 87.7 Å². The molecule has 0 unspecified atom stereocenters. The summed E-state index contributed by atoms with van der Waals surface area (Å²) < 4.78 is 0. The van der Waals surface area contributed by atoms with Crippen molar-refractivity contribution in [2.45, 2.75) is 6.42 Å². The molecule has 0 spiro atoms. The molecular weight excluding hydrogens is 262 g/mol. The van der Waals surface area contributed by atoms with Crippen LogP contribution in [0.15, 0.2) is 30.3 Å². The molecule has 19 heavy (non-hydrogen) atoms. The lowest BCUT2D eigenvalue weighted by atomic mass is 10.1. The second kappa shape index (κ2) is 5.67. The molecule has 1 aromatic carbocycles. The van der Waals surface area contributed by atoms with Crippen LogP contribution in [0, 0.1) is 5.41 Å². The van der Waals surface area contributed by atoms with Crippen LogP contribution in [0.1, 0.15) is 11.3 Å². The van der Waals surface area contributed by atoms with E-state index in [2.05, 4.69) is 15.3 Å². The van der Waals surface area contributed by atoms with Crippen LogP contribution in [0.5, 0.6) is 0 Å². The van der Waals surface area contributed by atoms with Crippen LogP contribution in [-0.2, 0) is 6.42 Å². The highest BCUT2D eigenvalue weighted by Crippen LogP contribution is 2.22. The van der Waals surface area contributed by atoms with Crippen LogP contribution in [-0.4, -0.2) is 22.7 Å². The first-order valence-electron chi connectivity index (χ1n) is 5.74. The molecule has 0 saturated heterocycles. The summed E-state index contributed by atoms with van der Waals surface area (Å²) in [6, 6.07) is 9.69. The van der Waals surface area contributed by atoms with Gasteiger partial charge in [-0.25, -0.2) is 4.98 Å². The second-order valence-corrected chi connectivity index (χ2v) is 4.33. The average molecular weight is 276 g/mol. The zero-order valence-corrected chi connectivity index (χ0v) is 11.2. The molecule has 1 aromatic heterocycles. The number of hydrogen-bond donors (Lipinski definition) is 3. The van der Waals surface area contributed by atoms with E-state index < -0.39 is 0 Å². The third kappa shape index (κ3) is 3.00. The second-order valence-electron chi connectivity index (χ2n) is 3.99. The number of aromatic nitrogens is 2. The average Bonchev–Trinajstić information content (AvgIpc) is 2.42. The first kappa shape index (κ1) is 13.3. The van der Waals surface area contributed by atoms with Gasteiger partial charge in [-0.3, -0.25) is 0 Å². The van der Waals surface area contributed by atoms with Gasteiger partial charge in [-0.2, -0.15) is 4.98 Å². The number of rotatable bonds is 4. The summed E-state index contributed by atoms with van der Waals surface area (Å²) in [5, 5.41) is 11.0. The number of halogens is 1. The molecule has 0 radical (unpaired) electrons. The standard InChI is InChI=1S/C13H14ClN5/c1-17-12-10(16)11(18-13(14)19-12)9(15)7-8-5-3-2-4-6-8/h2-6,15H,7,16H2,1H3,(H,17,18,19). The summed E-state index contributed by atoms with van der Waals surface area (Å²) in [5.41, 5.74) is 7.97. The van der Waals surface area contributed by atoms with Crippen molar-refractivity contribution in [3.63, 3.8) is 0 Å². The summed E-state index contributed by atoms with van der Waals surface area (Å²) in [7, 11) is 1.69. The predicted molar refractivity (Wildman–Crippen MR) is 78.0 cm³/mol. The minimum atomic E-state index is 0.0753. The fraction of sp³-hybridized carbons (Fsp3) is 0.154. The molecule has 0 aliphatic heterocycles. The SMILES string of the molecule is CNc1nc(Cl)nc(C(=N)Cc2ccccc2)c1N. The van der Waals surface area contributed by atoms with Gasteiger partial charge in [0.2, 0.25) is 5.28 Å². The Hall–Kier alpha value is -2.14. The lowest BCUT2D eigenvalue weighted by Gasteiger charge is -2.10. The van der Waals surface area contributed by atoms with Crippen molar-refractivity contribution in [1.29, 1.82) is 5.41 Å². The van der Waals surface area contributed by atoms with Crippen LogP contribution in [0.2, 0.25) is 5.28 Å².